The number of thioether (sulfide) groups is 1. The predicted octanol–water partition coefficient (Wildman–Crippen LogP) is 4.88. The molecule has 3 nitrogen and oxygen atoms in total. The third kappa shape index (κ3) is 5.49. The van der Waals surface area contributed by atoms with Crippen molar-refractivity contribution in [2.45, 2.75) is 17.3 Å². The molecule has 0 saturated carbocycles. The number of carbonyl (C=O) groups is 1. The molecule has 1 aliphatic rings. The van der Waals surface area contributed by atoms with Crippen molar-refractivity contribution in [3.8, 4) is 0 Å². The van der Waals surface area contributed by atoms with Gasteiger partial charge in [0.1, 0.15) is 0 Å². The van der Waals surface area contributed by atoms with Gasteiger partial charge in [-0.1, -0.05) is 6.07 Å². The Labute approximate surface area is 165 Å². The average molecular weight is 415 g/mol. The minimum Gasteiger partial charge on any atom is -0.369 e. The molecule has 0 radical (unpaired) electrons. The number of ketones is 1. The number of thiophene rings is 1. The summed E-state index contributed by atoms with van der Waals surface area (Å²) in [7, 11) is 0. The molecule has 1 aromatic carbocycles. The van der Waals surface area contributed by atoms with Crippen molar-refractivity contribution < 1.29 is 18.0 Å². The van der Waals surface area contributed by atoms with E-state index in [0.717, 1.165) is 53.6 Å². The molecule has 0 unspecified atom stereocenters. The number of rotatable bonds is 6. The molecular formula is C19H21F3N2OS2. The summed E-state index contributed by atoms with van der Waals surface area (Å²) < 4.78 is 39.8. The van der Waals surface area contributed by atoms with Crippen molar-refractivity contribution in [2.75, 3.05) is 43.4 Å². The van der Waals surface area contributed by atoms with E-state index in [-0.39, 0.29) is 5.78 Å². The van der Waals surface area contributed by atoms with Crippen LogP contribution in [-0.4, -0.2) is 49.2 Å². The van der Waals surface area contributed by atoms with Gasteiger partial charge in [-0.15, -0.1) is 23.1 Å². The van der Waals surface area contributed by atoms with Crippen LogP contribution in [0.1, 0.15) is 22.2 Å². The lowest BCUT2D eigenvalue weighted by molar-refractivity contribution is -0.137. The van der Waals surface area contributed by atoms with E-state index in [4.69, 9.17) is 0 Å². The number of Topliss-reactive ketones (excluding diaryl/α,β-unsaturated/α-hetero) is 1. The van der Waals surface area contributed by atoms with E-state index in [1.165, 1.54) is 23.5 Å². The van der Waals surface area contributed by atoms with Gasteiger partial charge in [-0.25, -0.2) is 0 Å². The van der Waals surface area contributed by atoms with Gasteiger partial charge in [0.15, 0.2) is 5.78 Å². The highest BCUT2D eigenvalue weighted by molar-refractivity contribution is 8.01. The van der Waals surface area contributed by atoms with Crippen LogP contribution < -0.4 is 4.90 Å². The first-order valence-corrected chi connectivity index (χ1v) is 10.5. The van der Waals surface area contributed by atoms with Crippen LogP contribution >= 0.6 is 23.1 Å². The molecule has 1 aromatic heterocycles. The van der Waals surface area contributed by atoms with Gasteiger partial charge in [0, 0.05) is 44.2 Å². The summed E-state index contributed by atoms with van der Waals surface area (Å²) in [6.45, 7) is 5.61. The molecule has 0 atom stereocenters. The monoisotopic (exact) mass is 414 g/mol. The van der Waals surface area contributed by atoms with Gasteiger partial charge in [0.2, 0.25) is 0 Å². The molecule has 0 amide bonds. The number of alkyl halides is 3. The second kappa shape index (κ2) is 8.67. The minimum atomic E-state index is -4.31. The number of benzene rings is 1. The Morgan fingerprint density at radius 2 is 1.89 bits per heavy atom. The van der Waals surface area contributed by atoms with Crippen molar-refractivity contribution in [3.63, 3.8) is 0 Å². The number of hydrogen-bond acceptors (Lipinski definition) is 5. The zero-order valence-electron chi connectivity index (χ0n) is 15.0. The fraction of sp³-hybridized carbons (Fsp3) is 0.421. The summed E-state index contributed by atoms with van der Waals surface area (Å²) >= 11 is 3.26. The molecule has 0 spiro atoms. The quantitative estimate of drug-likeness (QED) is 0.496. The molecule has 3 rings (SSSR count). The van der Waals surface area contributed by atoms with Crippen LogP contribution in [0.5, 0.6) is 0 Å². The summed E-state index contributed by atoms with van der Waals surface area (Å²) in [5.74, 6) is 1.03. The molecule has 146 valence electrons. The van der Waals surface area contributed by atoms with E-state index >= 15 is 0 Å². The van der Waals surface area contributed by atoms with Crippen molar-refractivity contribution >= 4 is 34.6 Å². The molecule has 2 heterocycles. The number of carbonyl (C=O) groups excluding carboxylic acids is 1. The highest BCUT2D eigenvalue weighted by Gasteiger charge is 2.31. The summed E-state index contributed by atoms with van der Waals surface area (Å²) in [4.78, 5) is 16.5. The molecular weight excluding hydrogens is 393 g/mol. The number of nitrogens with zero attached hydrogens (tertiary/aromatic N) is 2. The first-order valence-electron chi connectivity index (χ1n) is 8.71. The largest absolute Gasteiger partial charge is 0.416 e. The topological polar surface area (TPSA) is 23.6 Å². The van der Waals surface area contributed by atoms with E-state index < -0.39 is 11.7 Å². The Balaban J connectivity index is 1.45. The number of hydrogen-bond donors (Lipinski definition) is 0. The van der Waals surface area contributed by atoms with Gasteiger partial charge in [-0.3, -0.25) is 9.69 Å². The smallest absolute Gasteiger partial charge is 0.369 e. The second-order valence-electron chi connectivity index (χ2n) is 6.40. The highest BCUT2D eigenvalue weighted by Crippen LogP contribution is 2.32. The summed E-state index contributed by atoms with van der Waals surface area (Å²) in [6.07, 6.45) is -4.31. The van der Waals surface area contributed by atoms with Crippen molar-refractivity contribution in [3.05, 3.63) is 46.8 Å². The molecule has 0 aliphatic carbocycles. The van der Waals surface area contributed by atoms with E-state index in [1.54, 1.807) is 24.8 Å². The lowest BCUT2D eigenvalue weighted by atomic mass is 10.1. The average Bonchev–Trinajstić information content (AvgIpc) is 3.11. The van der Waals surface area contributed by atoms with Crippen LogP contribution in [0.25, 0.3) is 0 Å². The predicted molar refractivity (Wildman–Crippen MR) is 105 cm³/mol. The van der Waals surface area contributed by atoms with E-state index in [1.807, 2.05) is 17.0 Å². The van der Waals surface area contributed by atoms with Gasteiger partial charge in [0.25, 0.3) is 0 Å². The van der Waals surface area contributed by atoms with Gasteiger partial charge in [-0.05, 0) is 37.3 Å². The van der Waals surface area contributed by atoms with Crippen LogP contribution in [0.3, 0.4) is 0 Å². The fourth-order valence-electron chi connectivity index (χ4n) is 2.97. The highest BCUT2D eigenvalue weighted by atomic mass is 32.2. The maximum atomic E-state index is 12.9. The lowest BCUT2D eigenvalue weighted by Gasteiger charge is -2.36. The molecule has 1 fully saturated rings. The Morgan fingerprint density at radius 3 is 2.52 bits per heavy atom. The van der Waals surface area contributed by atoms with E-state index in [9.17, 15) is 18.0 Å². The second-order valence-corrected chi connectivity index (χ2v) is 8.88. The number of anilines is 1. The van der Waals surface area contributed by atoms with Crippen LogP contribution in [0.15, 0.2) is 40.6 Å². The lowest BCUT2D eigenvalue weighted by Crippen LogP contribution is -2.47. The van der Waals surface area contributed by atoms with Crippen LogP contribution in [-0.2, 0) is 6.18 Å². The Hall–Kier alpha value is -1.51. The van der Waals surface area contributed by atoms with Gasteiger partial charge < -0.3 is 4.90 Å². The van der Waals surface area contributed by atoms with Gasteiger partial charge >= 0.3 is 6.18 Å². The third-order valence-corrected chi connectivity index (χ3v) is 6.88. The molecule has 8 heteroatoms. The van der Waals surface area contributed by atoms with Crippen LogP contribution in [0, 0.1) is 0 Å². The summed E-state index contributed by atoms with van der Waals surface area (Å²) in [6, 6.07) is 9.40. The normalized spacial score (nSPS) is 15.9. The molecule has 0 bridgehead atoms. The van der Waals surface area contributed by atoms with Gasteiger partial charge in [-0.2, -0.15) is 13.2 Å². The number of piperazine rings is 1. The molecule has 0 N–H and O–H groups in total. The SMILES string of the molecule is CC(=O)c1ccc(SCCN2CCN(c3cccc(C(F)(F)F)c3)CC2)s1. The van der Waals surface area contributed by atoms with Gasteiger partial charge in [0.05, 0.1) is 14.6 Å². The molecule has 1 saturated heterocycles. The maximum absolute atomic E-state index is 12.9. The zero-order chi connectivity index (χ0) is 19.4. The van der Waals surface area contributed by atoms with Crippen molar-refractivity contribution in [1.29, 1.82) is 0 Å². The van der Waals surface area contributed by atoms with E-state index in [2.05, 4.69) is 4.90 Å². The summed E-state index contributed by atoms with van der Waals surface area (Å²) in [5.41, 5.74) is 0.0360. The molecule has 27 heavy (non-hydrogen) atoms. The number of halogens is 3. The van der Waals surface area contributed by atoms with Crippen LogP contribution in [0.2, 0.25) is 0 Å². The van der Waals surface area contributed by atoms with Crippen molar-refractivity contribution in [1.82, 2.24) is 4.90 Å². The Bertz CT molecular complexity index is 783. The fourth-order valence-corrected chi connectivity index (χ4v) is 5.07. The maximum Gasteiger partial charge on any atom is 0.416 e. The van der Waals surface area contributed by atoms with Crippen molar-refractivity contribution in [2.24, 2.45) is 0 Å². The first-order chi connectivity index (χ1) is 12.8. The molecule has 2 aromatic rings. The first kappa shape index (κ1) is 20.2. The Morgan fingerprint density at radius 1 is 1.15 bits per heavy atom. The summed E-state index contributed by atoms with van der Waals surface area (Å²) in [5, 5.41) is 0. The van der Waals surface area contributed by atoms with E-state index in [0.29, 0.717) is 5.69 Å². The zero-order valence-corrected chi connectivity index (χ0v) is 16.6. The third-order valence-electron chi connectivity index (χ3n) is 4.49. The molecule has 1 aliphatic heterocycles. The minimum absolute atomic E-state index is 0.0950. The van der Waals surface area contributed by atoms with Crippen LogP contribution in [0.4, 0.5) is 18.9 Å². The standard InChI is InChI=1S/C19H21F3N2OS2/c1-14(25)17-5-6-18(27-17)26-12-11-23-7-9-24(10-8-23)16-4-2-3-15(13-16)19(20,21)22/h2-6,13H,7-12H2,1H3. The Kier molecular flexibility index (Phi) is 6.49.